The van der Waals surface area contributed by atoms with E-state index in [4.69, 9.17) is 5.73 Å². The Morgan fingerprint density at radius 1 is 0.974 bits per heavy atom. The lowest BCUT2D eigenvalue weighted by molar-refractivity contribution is -0.150. The summed E-state index contributed by atoms with van der Waals surface area (Å²) in [6.07, 6.45) is 1.88. The van der Waals surface area contributed by atoms with Crippen LogP contribution in [0.2, 0.25) is 0 Å². The number of aromatic hydroxyl groups is 1. The number of nitrogens with one attached hydrogen (secondary N) is 2. The summed E-state index contributed by atoms with van der Waals surface area (Å²) in [5.74, 6) is -2.82. The van der Waals surface area contributed by atoms with Gasteiger partial charge in [0.2, 0.25) is 17.7 Å². The number of carboxylic acids is 1. The molecule has 6 N–H and O–H groups in total. The van der Waals surface area contributed by atoms with Crippen LogP contribution >= 0.6 is 0 Å². The Bertz CT molecular complexity index is 1140. The van der Waals surface area contributed by atoms with Crippen LogP contribution in [-0.4, -0.2) is 69.5 Å². The van der Waals surface area contributed by atoms with Gasteiger partial charge in [0.05, 0.1) is 6.04 Å². The molecule has 2 aromatic rings. The van der Waals surface area contributed by atoms with Crippen molar-refractivity contribution in [2.45, 2.75) is 70.1 Å². The van der Waals surface area contributed by atoms with Crippen molar-refractivity contribution in [1.29, 1.82) is 0 Å². The van der Waals surface area contributed by atoms with E-state index in [1.807, 2.05) is 44.2 Å². The molecule has 0 aliphatic carbocycles. The van der Waals surface area contributed by atoms with Crippen LogP contribution < -0.4 is 16.4 Å². The maximum atomic E-state index is 13.6. The minimum Gasteiger partial charge on any atom is -0.508 e. The highest BCUT2D eigenvalue weighted by Gasteiger charge is 2.40. The molecule has 5 unspecified atom stereocenters. The van der Waals surface area contributed by atoms with Crippen LogP contribution in [0.5, 0.6) is 5.75 Å². The molecular weight excluding hydrogens is 500 g/mol. The fourth-order valence-corrected chi connectivity index (χ4v) is 4.72. The molecule has 1 saturated heterocycles. The fourth-order valence-electron chi connectivity index (χ4n) is 4.72. The third kappa shape index (κ3) is 8.03. The predicted octanol–water partition coefficient (Wildman–Crippen LogP) is 1.60. The fraction of sp³-hybridized carbons (Fsp3) is 0.448. The predicted molar refractivity (Wildman–Crippen MR) is 146 cm³/mol. The van der Waals surface area contributed by atoms with Gasteiger partial charge < -0.3 is 31.5 Å². The normalized spacial score (nSPS) is 18.0. The third-order valence-corrected chi connectivity index (χ3v) is 7.24. The van der Waals surface area contributed by atoms with Crippen LogP contribution in [0, 0.1) is 5.92 Å². The van der Waals surface area contributed by atoms with Crippen molar-refractivity contribution < 1.29 is 29.4 Å². The van der Waals surface area contributed by atoms with Crippen LogP contribution in [0.25, 0.3) is 0 Å². The van der Waals surface area contributed by atoms with E-state index < -0.39 is 47.9 Å². The number of hydrogen-bond acceptors (Lipinski definition) is 6. The van der Waals surface area contributed by atoms with Crippen molar-refractivity contribution in [2.24, 2.45) is 11.7 Å². The van der Waals surface area contributed by atoms with Gasteiger partial charge in [0, 0.05) is 13.0 Å². The van der Waals surface area contributed by atoms with Crippen molar-refractivity contribution >= 4 is 23.7 Å². The highest BCUT2D eigenvalue weighted by atomic mass is 16.4. The number of phenolic OH excluding ortho intramolecular Hbond substituents is 1. The van der Waals surface area contributed by atoms with Crippen molar-refractivity contribution in [1.82, 2.24) is 15.5 Å². The molecule has 0 aromatic heterocycles. The van der Waals surface area contributed by atoms with Gasteiger partial charge in [-0.25, -0.2) is 4.79 Å². The summed E-state index contributed by atoms with van der Waals surface area (Å²) >= 11 is 0. The molecule has 1 aliphatic rings. The molecule has 3 rings (SSSR count). The summed E-state index contributed by atoms with van der Waals surface area (Å²) in [5.41, 5.74) is 7.72. The van der Waals surface area contributed by atoms with Crippen molar-refractivity contribution in [3.63, 3.8) is 0 Å². The molecular formula is C29H38N4O6. The minimum absolute atomic E-state index is 0.0645. The summed E-state index contributed by atoms with van der Waals surface area (Å²) in [6.45, 7) is 4.01. The van der Waals surface area contributed by atoms with Crippen LogP contribution in [0.4, 0.5) is 0 Å². The van der Waals surface area contributed by atoms with Gasteiger partial charge in [-0.2, -0.15) is 0 Å². The Morgan fingerprint density at radius 3 is 2.23 bits per heavy atom. The molecule has 10 heteroatoms. The number of nitrogens with two attached hydrogens (primary N) is 1. The highest BCUT2D eigenvalue weighted by molar-refractivity contribution is 5.94. The summed E-state index contributed by atoms with van der Waals surface area (Å²) in [6, 6.07) is 11.7. The van der Waals surface area contributed by atoms with Crippen molar-refractivity contribution in [3.05, 3.63) is 65.7 Å². The lowest BCUT2D eigenvalue weighted by atomic mass is 9.96. The molecule has 1 aliphatic heterocycles. The average molecular weight is 539 g/mol. The Labute approximate surface area is 228 Å². The lowest BCUT2D eigenvalue weighted by Gasteiger charge is -2.31. The zero-order valence-corrected chi connectivity index (χ0v) is 22.4. The second-order valence-corrected chi connectivity index (χ2v) is 10.1. The van der Waals surface area contributed by atoms with Gasteiger partial charge >= 0.3 is 5.97 Å². The summed E-state index contributed by atoms with van der Waals surface area (Å²) < 4.78 is 0. The molecule has 0 radical (unpaired) electrons. The largest absolute Gasteiger partial charge is 0.508 e. The second-order valence-electron chi connectivity index (χ2n) is 10.1. The van der Waals surface area contributed by atoms with E-state index >= 15 is 0 Å². The number of benzene rings is 2. The maximum absolute atomic E-state index is 13.6. The minimum atomic E-state index is -1.07. The number of likely N-dealkylation sites (tertiary alicyclic amines) is 1. The molecule has 3 amide bonds. The van der Waals surface area contributed by atoms with E-state index in [2.05, 4.69) is 10.6 Å². The first-order valence-corrected chi connectivity index (χ1v) is 13.3. The number of carboxylic acid groups (broad SMARTS) is 1. The van der Waals surface area contributed by atoms with Crippen LogP contribution in [0.15, 0.2) is 54.6 Å². The number of carbonyl (C=O) groups is 4. The number of rotatable bonds is 12. The zero-order valence-electron chi connectivity index (χ0n) is 22.4. The van der Waals surface area contributed by atoms with Gasteiger partial charge in [-0.3, -0.25) is 14.4 Å². The van der Waals surface area contributed by atoms with Crippen LogP contribution in [-0.2, 0) is 32.0 Å². The standard InChI is InChI=1S/C29H38N4O6/c1-3-18(2)25(28(37)33-15-7-10-24(33)29(38)39)32-27(36)23(17-20-11-13-21(34)14-12-20)31-26(35)22(30)16-19-8-5-4-6-9-19/h4-6,8-9,11-14,18,22-25,34H,3,7,10,15-17,30H2,1-2H3,(H,31,35)(H,32,36)(H,38,39). The van der Waals surface area contributed by atoms with E-state index in [0.29, 0.717) is 31.4 Å². The molecule has 10 nitrogen and oxygen atoms in total. The van der Waals surface area contributed by atoms with Gasteiger partial charge in [0.25, 0.3) is 0 Å². The number of phenols is 1. The number of hydrogen-bond donors (Lipinski definition) is 5. The molecule has 210 valence electrons. The number of aliphatic carboxylic acids is 1. The van der Waals surface area contributed by atoms with Crippen molar-refractivity contribution in [2.75, 3.05) is 6.54 Å². The quantitative estimate of drug-likeness (QED) is 0.274. The van der Waals surface area contributed by atoms with Gasteiger partial charge in [-0.1, -0.05) is 62.7 Å². The smallest absolute Gasteiger partial charge is 0.326 e. The van der Waals surface area contributed by atoms with E-state index in [-0.39, 0.29) is 24.5 Å². The Morgan fingerprint density at radius 2 is 1.62 bits per heavy atom. The Hall–Kier alpha value is -3.92. The molecule has 2 aromatic carbocycles. The lowest BCUT2D eigenvalue weighted by Crippen LogP contribution is -2.59. The maximum Gasteiger partial charge on any atom is 0.326 e. The first kappa shape index (κ1) is 29.6. The molecule has 39 heavy (non-hydrogen) atoms. The van der Waals surface area contributed by atoms with Crippen LogP contribution in [0.1, 0.15) is 44.2 Å². The third-order valence-electron chi connectivity index (χ3n) is 7.24. The van der Waals surface area contributed by atoms with Gasteiger partial charge in [0.1, 0.15) is 23.9 Å². The summed E-state index contributed by atoms with van der Waals surface area (Å²) in [5, 5.41) is 24.7. The molecule has 0 saturated carbocycles. The molecule has 5 atom stereocenters. The topological polar surface area (TPSA) is 162 Å². The van der Waals surface area contributed by atoms with E-state index in [9.17, 15) is 29.4 Å². The Balaban J connectivity index is 1.80. The highest BCUT2D eigenvalue weighted by Crippen LogP contribution is 2.22. The first-order chi connectivity index (χ1) is 18.6. The molecule has 0 bridgehead atoms. The number of nitrogens with zero attached hydrogens (tertiary/aromatic N) is 1. The second kappa shape index (κ2) is 13.7. The molecule has 1 fully saturated rings. The monoisotopic (exact) mass is 538 g/mol. The summed E-state index contributed by atoms with van der Waals surface area (Å²) in [7, 11) is 0. The van der Waals surface area contributed by atoms with E-state index in [1.165, 1.54) is 17.0 Å². The van der Waals surface area contributed by atoms with E-state index in [0.717, 1.165) is 5.56 Å². The Kier molecular flexibility index (Phi) is 10.4. The van der Waals surface area contributed by atoms with Gasteiger partial charge in [-0.05, 0) is 48.4 Å². The number of amides is 3. The SMILES string of the molecule is CCC(C)C(NC(=O)C(Cc1ccc(O)cc1)NC(=O)C(N)Cc1ccccc1)C(=O)N1CCCC1C(=O)O. The molecule has 0 spiro atoms. The summed E-state index contributed by atoms with van der Waals surface area (Å²) in [4.78, 5) is 53.1. The average Bonchev–Trinajstić information content (AvgIpc) is 3.42. The first-order valence-electron chi connectivity index (χ1n) is 13.3. The van der Waals surface area contributed by atoms with Crippen molar-refractivity contribution in [3.8, 4) is 5.75 Å². The van der Waals surface area contributed by atoms with Gasteiger partial charge in [0.15, 0.2) is 0 Å². The number of carbonyl (C=O) groups excluding carboxylic acids is 3. The molecule has 1 heterocycles. The van der Waals surface area contributed by atoms with Crippen LogP contribution in [0.3, 0.4) is 0 Å². The van der Waals surface area contributed by atoms with E-state index in [1.54, 1.807) is 12.1 Å². The zero-order chi connectivity index (χ0) is 28.5. The van der Waals surface area contributed by atoms with Gasteiger partial charge in [-0.15, -0.1) is 0 Å².